The van der Waals surface area contributed by atoms with Gasteiger partial charge in [0.1, 0.15) is 11.5 Å². The quantitative estimate of drug-likeness (QED) is 0.580. The van der Waals surface area contributed by atoms with Crippen LogP contribution in [-0.4, -0.2) is 0 Å². The smallest absolute Gasteiger partial charge is 0.128 e. The predicted molar refractivity (Wildman–Crippen MR) is 80.0 cm³/mol. The Hall–Kier alpha value is -1.99. The summed E-state index contributed by atoms with van der Waals surface area (Å²) >= 11 is 5.76. The van der Waals surface area contributed by atoms with E-state index in [4.69, 9.17) is 16.3 Å². The lowest BCUT2D eigenvalue weighted by molar-refractivity contribution is 0.483. The van der Waals surface area contributed by atoms with Gasteiger partial charge in [-0.2, -0.15) is 0 Å². The molecule has 0 aromatic heterocycles. The zero-order valence-electron chi connectivity index (χ0n) is 10.3. The van der Waals surface area contributed by atoms with Crippen LogP contribution in [0.15, 0.2) is 66.7 Å². The van der Waals surface area contributed by atoms with Gasteiger partial charge in [0.25, 0.3) is 0 Å². The molecule has 3 aromatic rings. The molecule has 0 heterocycles. The van der Waals surface area contributed by atoms with Gasteiger partial charge in [0.15, 0.2) is 0 Å². The van der Waals surface area contributed by atoms with E-state index in [1.54, 1.807) is 0 Å². The largest absolute Gasteiger partial charge is 0.457 e. The average molecular weight is 269 g/mol. The van der Waals surface area contributed by atoms with Crippen molar-refractivity contribution in [3.05, 3.63) is 72.3 Å². The summed E-state index contributed by atoms with van der Waals surface area (Å²) in [4.78, 5) is 0. The molecule has 0 unspecified atom stereocenters. The molecular weight excluding hydrogens is 256 g/mol. The summed E-state index contributed by atoms with van der Waals surface area (Å²) in [5.41, 5.74) is 1.09. The minimum Gasteiger partial charge on any atom is -0.457 e. The molecule has 3 rings (SSSR count). The van der Waals surface area contributed by atoms with Crippen molar-refractivity contribution in [2.24, 2.45) is 0 Å². The van der Waals surface area contributed by atoms with Crippen LogP contribution in [0.4, 0.5) is 0 Å². The fourth-order valence-corrected chi connectivity index (χ4v) is 2.19. The molecule has 0 spiro atoms. The number of alkyl halides is 1. The maximum absolute atomic E-state index is 5.84. The van der Waals surface area contributed by atoms with Gasteiger partial charge in [-0.1, -0.05) is 42.5 Å². The summed E-state index contributed by atoms with van der Waals surface area (Å²) in [6.07, 6.45) is 0. The molecule has 0 saturated carbocycles. The van der Waals surface area contributed by atoms with Crippen LogP contribution >= 0.6 is 11.6 Å². The third-order valence-electron chi connectivity index (χ3n) is 3.03. The first-order chi connectivity index (χ1) is 9.35. The van der Waals surface area contributed by atoms with Crippen molar-refractivity contribution in [2.45, 2.75) is 5.88 Å². The molecule has 1 nitrogen and oxygen atoms in total. The Morgan fingerprint density at radius 2 is 1.42 bits per heavy atom. The lowest BCUT2D eigenvalue weighted by atomic mass is 10.1. The number of hydrogen-bond donors (Lipinski definition) is 0. The Bertz CT molecular complexity index is 689. The topological polar surface area (TPSA) is 9.23 Å². The van der Waals surface area contributed by atoms with Crippen LogP contribution in [0.25, 0.3) is 10.8 Å². The molecule has 94 valence electrons. The monoisotopic (exact) mass is 268 g/mol. The molecule has 0 amide bonds. The van der Waals surface area contributed by atoms with Crippen molar-refractivity contribution in [3.63, 3.8) is 0 Å². The Morgan fingerprint density at radius 1 is 0.737 bits per heavy atom. The molecular formula is C17H13ClO. The third kappa shape index (κ3) is 2.72. The molecule has 0 saturated heterocycles. The molecule has 0 aliphatic heterocycles. The highest BCUT2D eigenvalue weighted by molar-refractivity contribution is 6.17. The lowest BCUT2D eigenvalue weighted by Gasteiger charge is -2.07. The van der Waals surface area contributed by atoms with Gasteiger partial charge in [-0.25, -0.2) is 0 Å². The van der Waals surface area contributed by atoms with Crippen molar-refractivity contribution in [2.75, 3.05) is 0 Å². The van der Waals surface area contributed by atoms with Crippen LogP contribution in [0, 0.1) is 0 Å². The minimum absolute atomic E-state index is 0.524. The summed E-state index contributed by atoms with van der Waals surface area (Å²) in [5.74, 6) is 2.19. The number of fused-ring (bicyclic) bond motifs is 1. The average Bonchev–Trinajstić information content (AvgIpc) is 2.48. The maximum atomic E-state index is 5.84. The highest BCUT2D eigenvalue weighted by Gasteiger charge is 1.99. The standard InChI is InChI=1S/C17H13ClO/c18-12-13-5-8-16(9-6-13)19-17-10-7-14-3-1-2-4-15(14)11-17/h1-11H,12H2. The number of hydrogen-bond acceptors (Lipinski definition) is 1. The maximum Gasteiger partial charge on any atom is 0.128 e. The molecule has 0 N–H and O–H groups in total. The summed E-state index contributed by atoms with van der Waals surface area (Å²) in [7, 11) is 0. The normalized spacial score (nSPS) is 10.6. The Kier molecular flexibility index (Phi) is 3.39. The molecule has 0 atom stereocenters. The van der Waals surface area contributed by atoms with Crippen molar-refractivity contribution in [1.29, 1.82) is 0 Å². The van der Waals surface area contributed by atoms with E-state index in [1.165, 1.54) is 10.8 Å². The van der Waals surface area contributed by atoms with Crippen LogP contribution in [-0.2, 0) is 5.88 Å². The first-order valence-electron chi connectivity index (χ1n) is 6.17. The zero-order valence-corrected chi connectivity index (χ0v) is 11.1. The molecule has 0 fully saturated rings. The van der Waals surface area contributed by atoms with E-state index in [0.717, 1.165) is 17.1 Å². The van der Waals surface area contributed by atoms with Gasteiger partial charge in [0.2, 0.25) is 0 Å². The van der Waals surface area contributed by atoms with Gasteiger partial charge in [-0.05, 0) is 40.6 Å². The van der Waals surface area contributed by atoms with Crippen molar-refractivity contribution < 1.29 is 4.74 Å². The highest BCUT2D eigenvalue weighted by atomic mass is 35.5. The second kappa shape index (κ2) is 5.33. The molecule has 0 radical (unpaired) electrons. The van der Waals surface area contributed by atoms with Gasteiger partial charge in [0, 0.05) is 5.88 Å². The van der Waals surface area contributed by atoms with Gasteiger partial charge in [0.05, 0.1) is 0 Å². The SMILES string of the molecule is ClCc1ccc(Oc2ccc3ccccc3c2)cc1. The third-order valence-corrected chi connectivity index (χ3v) is 3.34. The first kappa shape index (κ1) is 12.1. The molecule has 0 aliphatic carbocycles. The Morgan fingerprint density at radius 3 is 2.16 bits per heavy atom. The van der Waals surface area contributed by atoms with Gasteiger partial charge in [-0.3, -0.25) is 0 Å². The van der Waals surface area contributed by atoms with E-state index < -0.39 is 0 Å². The fourth-order valence-electron chi connectivity index (χ4n) is 2.01. The van der Waals surface area contributed by atoms with Crippen LogP contribution in [0.3, 0.4) is 0 Å². The van der Waals surface area contributed by atoms with E-state index in [9.17, 15) is 0 Å². The highest BCUT2D eigenvalue weighted by Crippen LogP contribution is 2.25. The lowest BCUT2D eigenvalue weighted by Crippen LogP contribution is -1.85. The number of benzene rings is 3. The second-order valence-electron chi connectivity index (χ2n) is 4.39. The van der Waals surface area contributed by atoms with Crippen LogP contribution < -0.4 is 4.74 Å². The fraction of sp³-hybridized carbons (Fsp3) is 0.0588. The summed E-state index contributed by atoms with van der Waals surface area (Å²) < 4.78 is 5.84. The van der Waals surface area contributed by atoms with Gasteiger partial charge in [-0.15, -0.1) is 11.6 Å². The van der Waals surface area contributed by atoms with Crippen LogP contribution in [0.1, 0.15) is 5.56 Å². The Labute approximate surface area is 117 Å². The van der Waals surface area contributed by atoms with Crippen molar-refractivity contribution >= 4 is 22.4 Å². The molecule has 0 aliphatic rings. The van der Waals surface area contributed by atoms with Crippen LogP contribution in [0.2, 0.25) is 0 Å². The van der Waals surface area contributed by atoms with E-state index >= 15 is 0 Å². The molecule has 2 heteroatoms. The number of halogens is 1. The number of rotatable bonds is 3. The second-order valence-corrected chi connectivity index (χ2v) is 4.66. The van der Waals surface area contributed by atoms with E-state index in [2.05, 4.69) is 18.2 Å². The Balaban J connectivity index is 1.87. The van der Waals surface area contributed by atoms with Crippen molar-refractivity contribution in [3.8, 4) is 11.5 Å². The van der Waals surface area contributed by atoms with E-state index in [0.29, 0.717) is 5.88 Å². The van der Waals surface area contributed by atoms with Crippen LogP contribution in [0.5, 0.6) is 11.5 Å². The predicted octanol–water partition coefficient (Wildman–Crippen LogP) is 5.37. The summed E-state index contributed by atoms with van der Waals surface area (Å²) in [6, 6.07) is 22.2. The molecule has 19 heavy (non-hydrogen) atoms. The zero-order chi connectivity index (χ0) is 13.1. The van der Waals surface area contributed by atoms with E-state index in [1.807, 2.05) is 48.5 Å². The minimum atomic E-state index is 0.524. The molecule has 0 bridgehead atoms. The van der Waals surface area contributed by atoms with Crippen molar-refractivity contribution in [1.82, 2.24) is 0 Å². The first-order valence-corrected chi connectivity index (χ1v) is 6.70. The summed E-state index contributed by atoms with van der Waals surface area (Å²) in [5, 5.41) is 2.39. The molecule has 3 aromatic carbocycles. The van der Waals surface area contributed by atoms with E-state index in [-0.39, 0.29) is 0 Å². The number of ether oxygens (including phenoxy) is 1. The van der Waals surface area contributed by atoms with Gasteiger partial charge >= 0.3 is 0 Å². The summed E-state index contributed by atoms with van der Waals surface area (Å²) in [6.45, 7) is 0. The van der Waals surface area contributed by atoms with Gasteiger partial charge < -0.3 is 4.74 Å².